The summed E-state index contributed by atoms with van der Waals surface area (Å²) in [5, 5.41) is 7.28. The van der Waals surface area contributed by atoms with Gasteiger partial charge < -0.3 is 14.6 Å². The van der Waals surface area contributed by atoms with Gasteiger partial charge in [-0.05, 0) is 33.2 Å². The standard InChI is InChI=1S/C12H21N3O2/c1-4-9(13-3)8-10-14-11(15-17-10)12(2)6-5-7-16-12/h9,13H,4-8H2,1-3H3. The van der Waals surface area contributed by atoms with Crippen molar-refractivity contribution in [3.8, 4) is 0 Å². The number of hydrogen-bond acceptors (Lipinski definition) is 5. The van der Waals surface area contributed by atoms with Crippen molar-refractivity contribution in [1.29, 1.82) is 0 Å². The lowest BCUT2D eigenvalue weighted by molar-refractivity contribution is 0.00768. The number of likely N-dealkylation sites (N-methyl/N-ethyl adjacent to an activating group) is 1. The summed E-state index contributed by atoms with van der Waals surface area (Å²) in [5.74, 6) is 1.38. The van der Waals surface area contributed by atoms with Gasteiger partial charge in [0.1, 0.15) is 5.60 Å². The van der Waals surface area contributed by atoms with Crippen molar-refractivity contribution >= 4 is 0 Å². The van der Waals surface area contributed by atoms with Crippen LogP contribution in [0, 0.1) is 0 Å². The predicted molar refractivity (Wildman–Crippen MR) is 63.7 cm³/mol. The van der Waals surface area contributed by atoms with Crippen LogP contribution in [0.5, 0.6) is 0 Å². The molecule has 5 nitrogen and oxygen atoms in total. The van der Waals surface area contributed by atoms with E-state index in [0.29, 0.717) is 17.8 Å². The lowest BCUT2D eigenvalue weighted by atomic mass is 10.0. The molecule has 17 heavy (non-hydrogen) atoms. The lowest BCUT2D eigenvalue weighted by Gasteiger charge is -2.17. The molecule has 2 rings (SSSR count). The topological polar surface area (TPSA) is 60.2 Å². The molecule has 2 unspecified atom stereocenters. The molecular weight excluding hydrogens is 218 g/mol. The summed E-state index contributed by atoms with van der Waals surface area (Å²) < 4.78 is 11.0. The molecule has 0 spiro atoms. The second-order valence-electron chi connectivity index (χ2n) is 4.79. The van der Waals surface area contributed by atoms with Gasteiger partial charge in [0, 0.05) is 19.1 Å². The van der Waals surface area contributed by atoms with Crippen LogP contribution in [0.1, 0.15) is 44.8 Å². The third-order valence-corrected chi connectivity index (χ3v) is 3.48. The minimum absolute atomic E-state index is 0.344. The Hall–Kier alpha value is -0.940. The van der Waals surface area contributed by atoms with Crippen LogP contribution < -0.4 is 5.32 Å². The minimum atomic E-state index is -0.344. The van der Waals surface area contributed by atoms with E-state index < -0.39 is 0 Å². The van der Waals surface area contributed by atoms with Crippen LogP contribution in [-0.2, 0) is 16.8 Å². The summed E-state index contributed by atoms with van der Waals surface area (Å²) in [6.07, 6.45) is 3.85. The van der Waals surface area contributed by atoms with Crippen molar-refractivity contribution < 1.29 is 9.26 Å². The van der Waals surface area contributed by atoms with Gasteiger partial charge in [0.05, 0.1) is 0 Å². The maximum atomic E-state index is 5.70. The van der Waals surface area contributed by atoms with Crippen molar-refractivity contribution in [1.82, 2.24) is 15.5 Å². The molecule has 0 radical (unpaired) electrons. The summed E-state index contributed by atoms with van der Waals surface area (Å²) in [5.41, 5.74) is -0.344. The van der Waals surface area contributed by atoms with E-state index in [1.807, 2.05) is 14.0 Å². The van der Waals surface area contributed by atoms with Crippen LogP contribution >= 0.6 is 0 Å². The van der Waals surface area contributed by atoms with E-state index in [4.69, 9.17) is 9.26 Å². The molecule has 5 heteroatoms. The molecule has 1 aromatic rings. The van der Waals surface area contributed by atoms with Gasteiger partial charge in [-0.25, -0.2) is 0 Å². The first-order valence-corrected chi connectivity index (χ1v) is 6.32. The molecule has 2 atom stereocenters. The van der Waals surface area contributed by atoms with Crippen LogP contribution in [0.2, 0.25) is 0 Å². The number of rotatable bonds is 5. The molecule has 0 bridgehead atoms. The van der Waals surface area contributed by atoms with Gasteiger partial charge in [0.2, 0.25) is 11.7 Å². The third kappa shape index (κ3) is 2.66. The first-order valence-electron chi connectivity index (χ1n) is 6.32. The summed E-state index contributed by atoms with van der Waals surface area (Å²) in [6, 6.07) is 0.389. The maximum absolute atomic E-state index is 5.70. The first-order chi connectivity index (χ1) is 8.18. The summed E-state index contributed by atoms with van der Waals surface area (Å²) in [6.45, 7) is 4.96. The molecule has 1 N–H and O–H groups in total. The third-order valence-electron chi connectivity index (χ3n) is 3.48. The van der Waals surface area contributed by atoms with Crippen molar-refractivity contribution in [2.24, 2.45) is 0 Å². The molecule has 96 valence electrons. The van der Waals surface area contributed by atoms with E-state index in [1.54, 1.807) is 0 Å². The molecule has 0 aliphatic carbocycles. The first kappa shape index (κ1) is 12.5. The van der Waals surface area contributed by atoms with Gasteiger partial charge in [-0.3, -0.25) is 0 Å². The number of ether oxygens (including phenoxy) is 1. The smallest absolute Gasteiger partial charge is 0.228 e. The maximum Gasteiger partial charge on any atom is 0.228 e. The molecule has 1 aromatic heterocycles. The number of aromatic nitrogens is 2. The zero-order valence-corrected chi connectivity index (χ0v) is 10.8. The Balaban J connectivity index is 2.05. The molecule has 2 heterocycles. The highest BCUT2D eigenvalue weighted by molar-refractivity contribution is 5.02. The largest absolute Gasteiger partial charge is 0.367 e. The van der Waals surface area contributed by atoms with E-state index in [0.717, 1.165) is 32.3 Å². The van der Waals surface area contributed by atoms with Gasteiger partial charge in [-0.15, -0.1) is 0 Å². The zero-order chi connectivity index (χ0) is 12.3. The van der Waals surface area contributed by atoms with Gasteiger partial charge in [-0.1, -0.05) is 12.1 Å². The highest BCUT2D eigenvalue weighted by Crippen LogP contribution is 2.33. The molecule has 1 aliphatic heterocycles. The van der Waals surface area contributed by atoms with Gasteiger partial charge in [0.25, 0.3) is 0 Å². The van der Waals surface area contributed by atoms with Gasteiger partial charge in [-0.2, -0.15) is 4.98 Å². The Morgan fingerprint density at radius 3 is 2.94 bits per heavy atom. The fraction of sp³-hybridized carbons (Fsp3) is 0.833. The zero-order valence-electron chi connectivity index (χ0n) is 10.8. The van der Waals surface area contributed by atoms with Crippen LogP contribution in [0.4, 0.5) is 0 Å². The van der Waals surface area contributed by atoms with Crippen molar-refractivity contribution in [3.05, 3.63) is 11.7 Å². The molecule has 1 aliphatic rings. The normalized spacial score (nSPS) is 26.3. The molecular formula is C12H21N3O2. The van der Waals surface area contributed by atoms with Gasteiger partial charge >= 0.3 is 0 Å². The van der Waals surface area contributed by atoms with E-state index in [2.05, 4.69) is 22.4 Å². The lowest BCUT2D eigenvalue weighted by Crippen LogP contribution is -2.27. The fourth-order valence-electron chi connectivity index (χ4n) is 2.17. The minimum Gasteiger partial charge on any atom is -0.367 e. The average molecular weight is 239 g/mol. The second kappa shape index (κ2) is 5.14. The Morgan fingerprint density at radius 2 is 2.35 bits per heavy atom. The molecule has 1 saturated heterocycles. The fourth-order valence-corrected chi connectivity index (χ4v) is 2.17. The second-order valence-corrected chi connectivity index (χ2v) is 4.79. The highest BCUT2D eigenvalue weighted by Gasteiger charge is 2.36. The molecule has 0 amide bonds. The monoisotopic (exact) mass is 239 g/mol. The van der Waals surface area contributed by atoms with Gasteiger partial charge in [0.15, 0.2) is 0 Å². The van der Waals surface area contributed by atoms with Crippen molar-refractivity contribution in [2.45, 2.75) is 51.2 Å². The number of hydrogen-bond donors (Lipinski definition) is 1. The summed E-state index contributed by atoms with van der Waals surface area (Å²) in [4.78, 5) is 4.46. The number of nitrogens with one attached hydrogen (secondary N) is 1. The van der Waals surface area contributed by atoms with Crippen LogP contribution in [0.3, 0.4) is 0 Å². The molecule has 1 fully saturated rings. The van der Waals surface area contributed by atoms with E-state index in [9.17, 15) is 0 Å². The van der Waals surface area contributed by atoms with E-state index in [-0.39, 0.29) is 5.60 Å². The van der Waals surface area contributed by atoms with Crippen LogP contribution in [0.25, 0.3) is 0 Å². The Kier molecular flexibility index (Phi) is 3.79. The molecule has 0 aromatic carbocycles. The van der Waals surface area contributed by atoms with E-state index >= 15 is 0 Å². The SMILES string of the molecule is CCC(Cc1nc(C2(C)CCCO2)no1)NC. The van der Waals surface area contributed by atoms with Crippen molar-refractivity contribution in [2.75, 3.05) is 13.7 Å². The van der Waals surface area contributed by atoms with E-state index in [1.165, 1.54) is 0 Å². The van der Waals surface area contributed by atoms with Crippen LogP contribution in [-0.4, -0.2) is 29.8 Å². The average Bonchev–Trinajstić information content (AvgIpc) is 2.95. The summed E-state index contributed by atoms with van der Waals surface area (Å²) in [7, 11) is 1.95. The highest BCUT2D eigenvalue weighted by atomic mass is 16.5. The molecule has 0 saturated carbocycles. The number of nitrogens with zero attached hydrogens (tertiary/aromatic N) is 2. The predicted octanol–water partition coefficient (Wildman–Crippen LogP) is 1.64. The van der Waals surface area contributed by atoms with Crippen LogP contribution in [0.15, 0.2) is 4.52 Å². The quantitative estimate of drug-likeness (QED) is 0.846. The van der Waals surface area contributed by atoms with Crippen molar-refractivity contribution in [3.63, 3.8) is 0 Å². The Labute approximate surface area is 102 Å². The Bertz CT molecular complexity index is 354. The Morgan fingerprint density at radius 1 is 1.53 bits per heavy atom. The summed E-state index contributed by atoms with van der Waals surface area (Å²) >= 11 is 0.